The molecule has 0 saturated heterocycles. The lowest BCUT2D eigenvalue weighted by Gasteiger charge is -2.04. The van der Waals surface area contributed by atoms with Crippen molar-refractivity contribution < 1.29 is 0 Å². The summed E-state index contributed by atoms with van der Waals surface area (Å²) in [6.07, 6.45) is 1.86. The highest BCUT2D eigenvalue weighted by atomic mass is 35.5. The Morgan fingerprint density at radius 3 is 2.27 bits per heavy atom. The fraction of sp³-hybridized carbons (Fsp3) is 0.429. The van der Waals surface area contributed by atoms with Gasteiger partial charge in [-0.1, -0.05) is 29.5 Å². The molecule has 1 rings (SSSR count). The number of aryl methyl sites for hydroxylation is 3. The zero-order valence-corrected chi connectivity index (χ0v) is 10.4. The lowest BCUT2D eigenvalue weighted by Crippen LogP contribution is -1.89. The standard InChI is InChI=1S/C14H17Cl/c1-11-9-12(2)14(13(3)10-11)7-5-4-6-8-15/h9-10H,4,6,8H2,1-3H3. The Labute approximate surface area is 97.7 Å². The highest BCUT2D eigenvalue weighted by Gasteiger charge is 1.99. The van der Waals surface area contributed by atoms with Crippen LogP contribution in [-0.2, 0) is 0 Å². The van der Waals surface area contributed by atoms with E-state index in [1.54, 1.807) is 0 Å². The highest BCUT2D eigenvalue weighted by molar-refractivity contribution is 6.17. The van der Waals surface area contributed by atoms with Crippen LogP contribution in [0.4, 0.5) is 0 Å². The zero-order valence-electron chi connectivity index (χ0n) is 9.65. The van der Waals surface area contributed by atoms with E-state index in [1.165, 1.54) is 22.3 Å². The van der Waals surface area contributed by atoms with Gasteiger partial charge in [0.25, 0.3) is 0 Å². The van der Waals surface area contributed by atoms with Gasteiger partial charge in [-0.25, -0.2) is 0 Å². The average molecular weight is 221 g/mol. The predicted octanol–water partition coefficient (Wildman–Crippen LogP) is 3.98. The molecule has 0 nitrogen and oxygen atoms in total. The normalized spacial score (nSPS) is 9.60. The number of hydrogen-bond acceptors (Lipinski definition) is 0. The molecule has 0 unspecified atom stereocenters. The van der Waals surface area contributed by atoms with Crippen LogP contribution < -0.4 is 0 Å². The van der Waals surface area contributed by atoms with Gasteiger partial charge in [-0.15, -0.1) is 11.6 Å². The van der Waals surface area contributed by atoms with Crippen molar-refractivity contribution in [1.82, 2.24) is 0 Å². The Kier molecular flexibility index (Phi) is 4.72. The lowest BCUT2D eigenvalue weighted by molar-refractivity contribution is 0.991. The first kappa shape index (κ1) is 12.1. The minimum absolute atomic E-state index is 0.695. The van der Waals surface area contributed by atoms with Crippen molar-refractivity contribution >= 4 is 11.6 Å². The molecule has 0 aliphatic heterocycles. The smallest absolute Gasteiger partial charge is 0.0303 e. The van der Waals surface area contributed by atoms with Crippen molar-refractivity contribution in [1.29, 1.82) is 0 Å². The van der Waals surface area contributed by atoms with Gasteiger partial charge >= 0.3 is 0 Å². The quantitative estimate of drug-likeness (QED) is 0.402. The monoisotopic (exact) mass is 220 g/mol. The molecule has 0 radical (unpaired) electrons. The van der Waals surface area contributed by atoms with Gasteiger partial charge in [0.1, 0.15) is 0 Å². The van der Waals surface area contributed by atoms with Gasteiger partial charge in [0.2, 0.25) is 0 Å². The molecule has 0 spiro atoms. The van der Waals surface area contributed by atoms with Crippen LogP contribution in [0.25, 0.3) is 0 Å². The Morgan fingerprint density at radius 1 is 1.13 bits per heavy atom. The molecule has 0 amide bonds. The van der Waals surface area contributed by atoms with Crippen molar-refractivity contribution in [3.05, 3.63) is 34.4 Å². The SMILES string of the molecule is Cc1cc(C)c(C#CCCCCl)c(C)c1. The summed E-state index contributed by atoms with van der Waals surface area (Å²) in [5.74, 6) is 7.10. The third-order valence-electron chi connectivity index (χ3n) is 2.33. The summed E-state index contributed by atoms with van der Waals surface area (Å²) in [7, 11) is 0. The maximum absolute atomic E-state index is 5.60. The molecule has 15 heavy (non-hydrogen) atoms. The van der Waals surface area contributed by atoms with Crippen LogP contribution in [0, 0.1) is 32.6 Å². The molecule has 1 aromatic rings. The van der Waals surface area contributed by atoms with E-state index in [2.05, 4.69) is 44.7 Å². The van der Waals surface area contributed by atoms with E-state index in [0.29, 0.717) is 5.88 Å². The molecule has 1 heteroatoms. The third kappa shape index (κ3) is 3.61. The minimum Gasteiger partial charge on any atom is -0.127 e. The maximum atomic E-state index is 5.60. The molecule has 0 aliphatic rings. The molecular weight excluding hydrogens is 204 g/mol. The van der Waals surface area contributed by atoms with Gasteiger partial charge in [0, 0.05) is 17.9 Å². The van der Waals surface area contributed by atoms with Crippen LogP contribution in [0.5, 0.6) is 0 Å². The Bertz CT molecular complexity index is 371. The molecule has 0 heterocycles. The van der Waals surface area contributed by atoms with Gasteiger partial charge < -0.3 is 0 Å². The molecule has 0 aromatic heterocycles. The van der Waals surface area contributed by atoms with E-state index in [-0.39, 0.29) is 0 Å². The summed E-state index contributed by atoms with van der Waals surface area (Å²) < 4.78 is 0. The first-order chi connectivity index (χ1) is 7.15. The van der Waals surface area contributed by atoms with E-state index >= 15 is 0 Å². The van der Waals surface area contributed by atoms with Crippen LogP contribution in [0.2, 0.25) is 0 Å². The van der Waals surface area contributed by atoms with Gasteiger partial charge in [-0.05, 0) is 38.3 Å². The zero-order chi connectivity index (χ0) is 11.3. The van der Waals surface area contributed by atoms with Crippen molar-refractivity contribution in [2.24, 2.45) is 0 Å². The summed E-state index contributed by atoms with van der Waals surface area (Å²) in [5, 5.41) is 0. The molecule has 80 valence electrons. The Balaban J connectivity index is 2.88. The van der Waals surface area contributed by atoms with Crippen molar-refractivity contribution in [2.45, 2.75) is 33.6 Å². The molecule has 0 fully saturated rings. The second-order valence-corrected chi connectivity index (χ2v) is 4.25. The van der Waals surface area contributed by atoms with Gasteiger partial charge in [0.05, 0.1) is 0 Å². The minimum atomic E-state index is 0.695. The average Bonchev–Trinajstić information content (AvgIpc) is 2.15. The Hall–Kier alpha value is -0.930. The van der Waals surface area contributed by atoms with Gasteiger partial charge in [-0.3, -0.25) is 0 Å². The third-order valence-corrected chi connectivity index (χ3v) is 2.59. The van der Waals surface area contributed by atoms with E-state index in [1.807, 2.05) is 0 Å². The maximum Gasteiger partial charge on any atom is 0.0303 e. The van der Waals surface area contributed by atoms with Crippen LogP contribution in [-0.4, -0.2) is 5.88 Å². The lowest BCUT2D eigenvalue weighted by atomic mass is 10.0. The van der Waals surface area contributed by atoms with Crippen LogP contribution in [0.15, 0.2) is 12.1 Å². The van der Waals surface area contributed by atoms with Crippen LogP contribution in [0.3, 0.4) is 0 Å². The second-order valence-electron chi connectivity index (χ2n) is 3.87. The molecule has 0 aliphatic carbocycles. The molecule has 0 N–H and O–H groups in total. The van der Waals surface area contributed by atoms with Crippen LogP contribution in [0.1, 0.15) is 35.1 Å². The van der Waals surface area contributed by atoms with Gasteiger partial charge in [0.15, 0.2) is 0 Å². The summed E-state index contributed by atoms with van der Waals surface area (Å²) in [6, 6.07) is 4.36. The second kappa shape index (κ2) is 5.83. The summed E-state index contributed by atoms with van der Waals surface area (Å²) in [4.78, 5) is 0. The van der Waals surface area contributed by atoms with E-state index < -0.39 is 0 Å². The number of halogens is 1. The fourth-order valence-corrected chi connectivity index (χ4v) is 1.82. The first-order valence-corrected chi connectivity index (χ1v) is 5.81. The van der Waals surface area contributed by atoms with E-state index in [9.17, 15) is 0 Å². The number of benzene rings is 1. The molecule has 0 saturated carbocycles. The predicted molar refractivity (Wildman–Crippen MR) is 67.5 cm³/mol. The molecule has 0 atom stereocenters. The molecule has 0 bridgehead atoms. The number of rotatable bonds is 2. The largest absolute Gasteiger partial charge is 0.127 e. The molecule has 1 aromatic carbocycles. The summed E-state index contributed by atoms with van der Waals surface area (Å²) >= 11 is 5.60. The van der Waals surface area contributed by atoms with Gasteiger partial charge in [-0.2, -0.15) is 0 Å². The molecular formula is C14H17Cl. The number of unbranched alkanes of at least 4 members (excludes halogenated alkanes) is 1. The number of alkyl halides is 1. The first-order valence-electron chi connectivity index (χ1n) is 5.28. The van der Waals surface area contributed by atoms with E-state index in [0.717, 1.165) is 12.8 Å². The van der Waals surface area contributed by atoms with Crippen molar-refractivity contribution in [3.63, 3.8) is 0 Å². The van der Waals surface area contributed by atoms with Crippen LogP contribution >= 0.6 is 11.6 Å². The summed E-state index contributed by atoms with van der Waals surface area (Å²) in [6.45, 7) is 6.35. The van der Waals surface area contributed by atoms with Crippen molar-refractivity contribution in [2.75, 3.05) is 5.88 Å². The number of hydrogen-bond donors (Lipinski definition) is 0. The fourth-order valence-electron chi connectivity index (χ4n) is 1.68. The highest BCUT2D eigenvalue weighted by Crippen LogP contribution is 2.14. The Morgan fingerprint density at radius 2 is 1.73 bits per heavy atom. The topological polar surface area (TPSA) is 0 Å². The van der Waals surface area contributed by atoms with Crippen molar-refractivity contribution in [3.8, 4) is 11.8 Å². The van der Waals surface area contributed by atoms with E-state index in [4.69, 9.17) is 11.6 Å². The summed E-state index contributed by atoms with van der Waals surface area (Å²) in [5.41, 5.74) is 5.02.